The summed E-state index contributed by atoms with van der Waals surface area (Å²) in [5, 5.41) is 3.17. The molecule has 0 aliphatic heterocycles. The van der Waals surface area contributed by atoms with Crippen LogP contribution >= 0.6 is 0 Å². The molecule has 1 heterocycles. The third-order valence-electron chi connectivity index (χ3n) is 3.64. The summed E-state index contributed by atoms with van der Waals surface area (Å²) in [4.78, 5) is 2.11. The fraction of sp³-hybridized carbons (Fsp3) is 0.316. The Morgan fingerprint density at radius 2 is 1.55 bits per heavy atom. The molecule has 1 aromatic heterocycles. The van der Waals surface area contributed by atoms with Gasteiger partial charge in [-0.1, -0.05) is 24.3 Å². The Balaban J connectivity index is 1.94. The highest BCUT2D eigenvalue weighted by atomic mass is 15.1. The highest BCUT2D eigenvalue weighted by Crippen LogP contribution is 2.14. The Kier molecular flexibility index (Phi) is 6.16. The van der Waals surface area contributed by atoms with Gasteiger partial charge in [0.15, 0.2) is 12.4 Å². The molecule has 0 radical (unpaired) electrons. The van der Waals surface area contributed by atoms with Gasteiger partial charge in [0, 0.05) is 44.9 Å². The highest BCUT2D eigenvalue weighted by Gasteiger charge is 1.99. The fourth-order valence-corrected chi connectivity index (χ4v) is 2.24. The predicted molar refractivity (Wildman–Crippen MR) is 94.9 cm³/mol. The maximum absolute atomic E-state index is 3.17. The minimum absolute atomic E-state index is 1.05. The Morgan fingerprint density at radius 1 is 0.955 bits per heavy atom. The molecular formula is C19H26N3+. The average Bonchev–Trinajstić information content (AvgIpc) is 2.55. The van der Waals surface area contributed by atoms with Gasteiger partial charge in [-0.3, -0.25) is 0 Å². The van der Waals surface area contributed by atoms with Crippen LogP contribution in [0.2, 0.25) is 0 Å². The first-order valence-corrected chi connectivity index (χ1v) is 7.78. The van der Waals surface area contributed by atoms with Gasteiger partial charge < -0.3 is 10.2 Å². The number of aryl methyl sites for hydroxylation is 1. The molecule has 0 aliphatic carbocycles. The Labute approximate surface area is 133 Å². The van der Waals surface area contributed by atoms with Crippen molar-refractivity contribution in [3.63, 3.8) is 0 Å². The van der Waals surface area contributed by atoms with Crippen LogP contribution in [0.25, 0.3) is 12.2 Å². The van der Waals surface area contributed by atoms with Crippen LogP contribution in [0.1, 0.15) is 17.5 Å². The van der Waals surface area contributed by atoms with Gasteiger partial charge in [-0.05, 0) is 30.3 Å². The van der Waals surface area contributed by atoms with Gasteiger partial charge >= 0.3 is 0 Å². The van der Waals surface area contributed by atoms with Crippen LogP contribution in [-0.4, -0.2) is 27.7 Å². The molecule has 2 aromatic rings. The number of anilines is 1. The summed E-state index contributed by atoms with van der Waals surface area (Å²) >= 11 is 0. The van der Waals surface area contributed by atoms with Crippen LogP contribution in [0.4, 0.5) is 5.69 Å². The van der Waals surface area contributed by atoms with Crippen LogP contribution < -0.4 is 14.8 Å². The molecule has 0 saturated heterocycles. The summed E-state index contributed by atoms with van der Waals surface area (Å²) in [6.07, 6.45) is 9.74. The molecule has 0 saturated carbocycles. The zero-order chi connectivity index (χ0) is 15.8. The molecule has 0 bridgehead atoms. The summed E-state index contributed by atoms with van der Waals surface area (Å²) in [5.74, 6) is 0. The quantitative estimate of drug-likeness (QED) is 0.626. The zero-order valence-electron chi connectivity index (χ0n) is 13.8. The molecule has 0 aliphatic rings. The molecule has 0 spiro atoms. The van der Waals surface area contributed by atoms with E-state index in [9.17, 15) is 0 Å². The zero-order valence-corrected chi connectivity index (χ0v) is 13.8. The van der Waals surface area contributed by atoms with Crippen molar-refractivity contribution < 1.29 is 4.57 Å². The van der Waals surface area contributed by atoms with Crippen molar-refractivity contribution in [3.05, 3.63) is 59.9 Å². The van der Waals surface area contributed by atoms with Crippen molar-refractivity contribution in [2.24, 2.45) is 0 Å². The van der Waals surface area contributed by atoms with Gasteiger partial charge in [-0.2, -0.15) is 0 Å². The molecule has 1 N–H and O–H groups in total. The second-order valence-corrected chi connectivity index (χ2v) is 5.65. The number of benzene rings is 1. The Bertz CT molecular complexity index is 583. The molecule has 0 fully saturated rings. The van der Waals surface area contributed by atoms with Crippen LogP contribution in [-0.2, 0) is 6.54 Å². The maximum atomic E-state index is 3.17. The molecule has 3 heteroatoms. The SMILES string of the molecule is CNCCC[n+]1ccc(/C=C/c2ccc(N(C)C)cc2)cc1. The van der Waals surface area contributed by atoms with E-state index in [1.54, 1.807) is 0 Å². The Hall–Kier alpha value is -2.13. The van der Waals surface area contributed by atoms with E-state index in [0.717, 1.165) is 19.5 Å². The minimum atomic E-state index is 1.05. The number of nitrogens with one attached hydrogen (secondary N) is 1. The fourth-order valence-electron chi connectivity index (χ4n) is 2.24. The van der Waals surface area contributed by atoms with Crippen LogP contribution in [0.15, 0.2) is 48.8 Å². The van der Waals surface area contributed by atoms with Crippen molar-refractivity contribution in [3.8, 4) is 0 Å². The largest absolute Gasteiger partial charge is 0.378 e. The van der Waals surface area contributed by atoms with Crippen molar-refractivity contribution in [1.29, 1.82) is 0 Å². The van der Waals surface area contributed by atoms with E-state index in [2.05, 4.69) is 89.8 Å². The molecule has 1 aromatic carbocycles. The molecule has 2 rings (SSSR count). The normalized spacial score (nSPS) is 11.0. The highest BCUT2D eigenvalue weighted by molar-refractivity contribution is 5.70. The summed E-state index contributed by atoms with van der Waals surface area (Å²) in [5.41, 5.74) is 3.66. The molecular weight excluding hydrogens is 270 g/mol. The second-order valence-electron chi connectivity index (χ2n) is 5.65. The topological polar surface area (TPSA) is 19.1 Å². The third-order valence-corrected chi connectivity index (χ3v) is 3.64. The van der Waals surface area contributed by atoms with Crippen molar-refractivity contribution in [2.45, 2.75) is 13.0 Å². The summed E-state index contributed by atoms with van der Waals surface area (Å²) in [7, 11) is 6.10. The van der Waals surface area contributed by atoms with E-state index in [1.807, 2.05) is 7.05 Å². The summed E-state index contributed by atoms with van der Waals surface area (Å²) in [6, 6.07) is 12.9. The first-order valence-electron chi connectivity index (χ1n) is 7.78. The number of rotatable bonds is 7. The lowest BCUT2D eigenvalue weighted by Gasteiger charge is -2.11. The monoisotopic (exact) mass is 296 g/mol. The lowest BCUT2D eigenvalue weighted by Crippen LogP contribution is -2.33. The first-order chi connectivity index (χ1) is 10.7. The van der Waals surface area contributed by atoms with Gasteiger partial charge in [0.1, 0.15) is 6.54 Å². The predicted octanol–water partition coefficient (Wildman–Crippen LogP) is 2.82. The second kappa shape index (κ2) is 8.35. The van der Waals surface area contributed by atoms with Gasteiger partial charge in [-0.25, -0.2) is 4.57 Å². The van der Waals surface area contributed by atoms with Crippen molar-refractivity contribution in [2.75, 3.05) is 32.6 Å². The van der Waals surface area contributed by atoms with Gasteiger partial charge in [0.05, 0.1) is 0 Å². The smallest absolute Gasteiger partial charge is 0.169 e. The molecule has 3 nitrogen and oxygen atoms in total. The maximum Gasteiger partial charge on any atom is 0.169 e. The lowest BCUT2D eigenvalue weighted by atomic mass is 10.1. The van der Waals surface area contributed by atoms with Gasteiger partial charge in [0.25, 0.3) is 0 Å². The number of aromatic nitrogens is 1. The third kappa shape index (κ3) is 5.01. The van der Waals surface area contributed by atoms with E-state index >= 15 is 0 Å². The van der Waals surface area contributed by atoms with Crippen LogP contribution in [0.5, 0.6) is 0 Å². The Morgan fingerprint density at radius 3 is 2.09 bits per heavy atom. The van der Waals surface area contributed by atoms with Gasteiger partial charge in [0.2, 0.25) is 0 Å². The summed E-state index contributed by atoms with van der Waals surface area (Å²) < 4.78 is 2.22. The molecule has 22 heavy (non-hydrogen) atoms. The van der Waals surface area contributed by atoms with Crippen molar-refractivity contribution >= 4 is 17.8 Å². The number of hydrogen-bond acceptors (Lipinski definition) is 2. The van der Waals surface area contributed by atoms with Crippen molar-refractivity contribution in [1.82, 2.24) is 5.32 Å². The first kappa shape index (κ1) is 16.2. The lowest BCUT2D eigenvalue weighted by molar-refractivity contribution is -0.697. The number of nitrogens with zero attached hydrogens (tertiary/aromatic N) is 2. The number of hydrogen-bond donors (Lipinski definition) is 1. The van der Waals surface area contributed by atoms with E-state index in [4.69, 9.17) is 0 Å². The molecule has 0 amide bonds. The number of pyridine rings is 1. The summed E-state index contributed by atoms with van der Waals surface area (Å²) in [6.45, 7) is 2.11. The van der Waals surface area contributed by atoms with Crippen LogP contribution in [0.3, 0.4) is 0 Å². The minimum Gasteiger partial charge on any atom is -0.378 e. The van der Waals surface area contributed by atoms with E-state index in [0.29, 0.717) is 0 Å². The van der Waals surface area contributed by atoms with E-state index < -0.39 is 0 Å². The molecule has 0 atom stereocenters. The van der Waals surface area contributed by atoms with E-state index in [1.165, 1.54) is 16.8 Å². The average molecular weight is 296 g/mol. The van der Waals surface area contributed by atoms with Crippen LogP contribution in [0, 0.1) is 0 Å². The standard InChI is InChI=1S/C19H26N3/c1-20-13-4-14-22-15-11-18(12-16-22)6-5-17-7-9-19(10-8-17)21(2)3/h5-12,15-16,20H,4,13-14H2,1-3H3/q+1. The van der Waals surface area contributed by atoms with E-state index in [-0.39, 0.29) is 0 Å². The molecule has 116 valence electrons. The van der Waals surface area contributed by atoms with Gasteiger partial charge in [-0.15, -0.1) is 0 Å². The molecule has 0 unspecified atom stereocenters.